The molecule has 0 amide bonds. The van der Waals surface area contributed by atoms with Gasteiger partial charge >= 0.3 is 5.69 Å². The lowest BCUT2D eigenvalue weighted by Gasteiger charge is -2.09. The van der Waals surface area contributed by atoms with Crippen molar-refractivity contribution in [2.24, 2.45) is 24.8 Å². The highest BCUT2D eigenvalue weighted by Crippen LogP contribution is 2.14. The van der Waals surface area contributed by atoms with E-state index >= 15 is 0 Å². The van der Waals surface area contributed by atoms with Gasteiger partial charge in [-0.2, -0.15) is 0 Å². The van der Waals surface area contributed by atoms with Crippen molar-refractivity contribution in [2.75, 3.05) is 12.3 Å². The average Bonchev–Trinajstić information content (AvgIpc) is 2.29. The fraction of sp³-hybridized carbons (Fsp3) is 0.444. The molecule has 0 bridgehead atoms. The molecule has 1 rings (SSSR count). The summed E-state index contributed by atoms with van der Waals surface area (Å²) in [5.41, 5.74) is 10.5. The molecule has 1 aromatic rings. The first-order valence-corrected chi connectivity index (χ1v) is 4.69. The highest BCUT2D eigenvalue weighted by Gasteiger charge is 2.11. The summed E-state index contributed by atoms with van der Waals surface area (Å²) in [7, 11) is 2.87. The lowest BCUT2D eigenvalue weighted by atomic mass is 10.4. The van der Waals surface area contributed by atoms with Crippen molar-refractivity contribution in [2.45, 2.75) is 6.92 Å². The van der Waals surface area contributed by atoms with E-state index in [-0.39, 0.29) is 18.1 Å². The van der Waals surface area contributed by atoms with E-state index in [1.165, 1.54) is 18.7 Å². The summed E-state index contributed by atoms with van der Waals surface area (Å²) < 4.78 is 2.15. The third-order valence-corrected chi connectivity index (χ3v) is 2.26. The largest absolute Gasteiger partial charge is 0.391 e. The average molecular weight is 225 g/mol. The number of rotatable bonds is 2. The van der Waals surface area contributed by atoms with E-state index in [1.807, 2.05) is 0 Å². The zero-order chi connectivity index (χ0) is 12.5. The highest BCUT2D eigenvalue weighted by molar-refractivity contribution is 5.87. The van der Waals surface area contributed by atoms with Crippen LogP contribution >= 0.6 is 0 Å². The van der Waals surface area contributed by atoms with Crippen LogP contribution in [0.3, 0.4) is 0 Å². The zero-order valence-corrected chi connectivity index (χ0v) is 9.52. The van der Waals surface area contributed by atoms with Crippen molar-refractivity contribution in [3.8, 4) is 0 Å². The second-order valence-electron chi connectivity index (χ2n) is 3.49. The van der Waals surface area contributed by atoms with E-state index in [4.69, 9.17) is 11.5 Å². The predicted molar refractivity (Wildman–Crippen MR) is 63.2 cm³/mol. The number of aliphatic imine (C=N–C) groups is 1. The summed E-state index contributed by atoms with van der Waals surface area (Å²) in [6, 6.07) is 0. The van der Waals surface area contributed by atoms with Gasteiger partial charge in [0.2, 0.25) is 0 Å². The van der Waals surface area contributed by atoms with Gasteiger partial charge in [0.25, 0.3) is 5.56 Å². The van der Waals surface area contributed by atoms with Crippen LogP contribution in [0, 0.1) is 0 Å². The Morgan fingerprint density at radius 2 is 1.88 bits per heavy atom. The van der Waals surface area contributed by atoms with Gasteiger partial charge in [-0.25, -0.2) is 9.79 Å². The Morgan fingerprint density at radius 1 is 1.31 bits per heavy atom. The topological polar surface area (TPSA) is 108 Å². The van der Waals surface area contributed by atoms with Gasteiger partial charge in [0.05, 0.1) is 0 Å². The molecule has 7 heteroatoms. The summed E-state index contributed by atoms with van der Waals surface area (Å²) in [6.45, 7) is 1.93. The maximum atomic E-state index is 11.6. The maximum Gasteiger partial charge on any atom is 0.332 e. The fourth-order valence-electron chi connectivity index (χ4n) is 1.22. The van der Waals surface area contributed by atoms with Crippen LogP contribution in [0.4, 0.5) is 11.5 Å². The zero-order valence-electron chi connectivity index (χ0n) is 9.52. The van der Waals surface area contributed by atoms with Gasteiger partial charge in [-0.1, -0.05) is 0 Å². The molecule has 7 nitrogen and oxygen atoms in total. The van der Waals surface area contributed by atoms with Crippen molar-refractivity contribution in [1.82, 2.24) is 9.13 Å². The van der Waals surface area contributed by atoms with Crippen LogP contribution in [0.25, 0.3) is 0 Å². The molecule has 0 fully saturated rings. The first kappa shape index (κ1) is 12.2. The Kier molecular flexibility index (Phi) is 3.28. The minimum Gasteiger partial charge on any atom is -0.391 e. The quantitative estimate of drug-likeness (QED) is 0.611. The number of hydrogen-bond donors (Lipinski definition) is 2. The van der Waals surface area contributed by atoms with Crippen molar-refractivity contribution in [3.05, 3.63) is 20.8 Å². The van der Waals surface area contributed by atoms with Gasteiger partial charge in [0, 0.05) is 26.4 Å². The lowest BCUT2D eigenvalue weighted by Crippen LogP contribution is -2.38. The van der Waals surface area contributed by atoms with E-state index < -0.39 is 11.2 Å². The molecule has 1 aromatic heterocycles. The van der Waals surface area contributed by atoms with Crippen molar-refractivity contribution >= 4 is 17.2 Å². The smallest absolute Gasteiger partial charge is 0.332 e. The molecule has 1 heterocycles. The summed E-state index contributed by atoms with van der Waals surface area (Å²) in [6.07, 6.45) is 0. The Hall–Kier alpha value is -1.89. The highest BCUT2D eigenvalue weighted by atomic mass is 16.2. The maximum absolute atomic E-state index is 11.6. The Balaban J connectivity index is 3.66. The normalized spacial score (nSPS) is 11.9. The van der Waals surface area contributed by atoms with E-state index in [9.17, 15) is 9.59 Å². The van der Waals surface area contributed by atoms with Gasteiger partial charge in [0.15, 0.2) is 5.82 Å². The molecular weight excluding hydrogens is 210 g/mol. The summed E-state index contributed by atoms with van der Waals surface area (Å²) in [5.74, 6) is 0.149. The van der Waals surface area contributed by atoms with Crippen molar-refractivity contribution < 1.29 is 0 Å². The molecule has 0 saturated carbocycles. The third-order valence-electron chi connectivity index (χ3n) is 2.26. The molecule has 0 atom stereocenters. The van der Waals surface area contributed by atoms with Crippen LogP contribution in [0.1, 0.15) is 6.92 Å². The lowest BCUT2D eigenvalue weighted by molar-refractivity contribution is 0.692. The van der Waals surface area contributed by atoms with Gasteiger partial charge in [0.1, 0.15) is 5.69 Å². The van der Waals surface area contributed by atoms with Crippen LogP contribution in [0.15, 0.2) is 14.6 Å². The molecule has 0 saturated heterocycles. The number of nitrogens with zero attached hydrogens (tertiary/aromatic N) is 3. The molecule has 0 radical (unpaired) electrons. The number of nitrogens with two attached hydrogens (primary N) is 2. The molecule has 0 aromatic carbocycles. The number of anilines is 1. The van der Waals surface area contributed by atoms with Crippen LogP contribution in [0.2, 0.25) is 0 Å². The third kappa shape index (κ3) is 1.89. The van der Waals surface area contributed by atoms with Crippen LogP contribution in [0.5, 0.6) is 0 Å². The van der Waals surface area contributed by atoms with E-state index in [0.717, 1.165) is 4.57 Å². The fourth-order valence-corrected chi connectivity index (χ4v) is 1.22. The van der Waals surface area contributed by atoms with Crippen LogP contribution < -0.4 is 22.7 Å². The Labute approximate surface area is 92.0 Å². The summed E-state index contributed by atoms with van der Waals surface area (Å²) in [5, 5.41) is 0. The molecular formula is C9H15N5O2. The number of aromatic nitrogens is 2. The summed E-state index contributed by atoms with van der Waals surface area (Å²) in [4.78, 5) is 27.2. The van der Waals surface area contributed by atoms with Gasteiger partial charge in [-0.3, -0.25) is 13.9 Å². The monoisotopic (exact) mass is 225 g/mol. The van der Waals surface area contributed by atoms with Crippen LogP contribution in [-0.2, 0) is 14.1 Å². The van der Waals surface area contributed by atoms with Gasteiger partial charge < -0.3 is 11.5 Å². The first-order valence-electron chi connectivity index (χ1n) is 4.69. The van der Waals surface area contributed by atoms with E-state index in [1.54, 1.807) is 6.92 Å². The second kappa shape index (κ2) is 4.31. The molecule has 88 valence electrons. The molecule has 16 heavy (non-hydrogen) atoms. The Bertz CT molecular complexity index is 515. The Morgan fingerprint density at radius 3 is 2.38 bits per heavy atom. The standard InChI is InChI=1S/C9H15N5O2/c1-5(4-10)12-7-6(11)8(15)14(3)9(16)13(7)2/h4,10-11H2,1-3H3/b12-5+. The van der Waals surface area contributed by atoms with E-state index in [2.05, 4.69) is 4.99 Å². The molecule has 0 unspecified atom stereocenters. The van der Waals surface area contributed by atoms with Gasteiger partial charge in [-0.05, 0) is 6.92 Å². The molecule has 0 aliphatic rings. The molecule has 4 N–H and O–H groups in total. The minimum absolute atomic E-state index is 0.0580. The van der Waals surface area contributed by atoms with Gasteiger partial charge in [-0.15, -0.1) is 0 Å². The first-order chi connectivity index (χ1) is 7.40. The van der Waals surface area contributed by atoms with Crippen molar-refractivity contribution in [3.63, 3.8) is 0 Å². The predicted octanol–water partition coefficient (Wildman–Crippen LogP) is -1.28. The molecule has 0 aliphatic heterocycles. The van der Waals surface area contributed by atoms with Crippen LogP contribution in [-0.4, -0.2) is 21.4 Å². The number of hydrogen-bond acceptors (Lipinski definition) is 5. The van der Waals surface area contributed by atoms with E-state index in [0.29, 0.717) is 5.71 Å². The number of nitrogen functional groups attached to an aromatic ring is 1. The SMILES string of the molecule is C/C(CN)=N\c1c(N)c(=O)n(C)c(=O)n1C. The summed E-state index contributed by atoms with van der Waals surface area (Å²) >= 11 is 0. The van der Waals surface area contributed by atoms with Crippen molar-refractivity contribution in [1.29, 1.82) is 0 Å². The molecule has 0 aliphatic carbocycles. The second-order valence-corrected chi connectivity index (χ2v) is 3.49. The minimum atomic E-state index is -0.549. The molecule has 0 spiro atoms.